The fourth-order valence-electron chi connectivity index (χ4n) is 1.20. The van der Waals surface area contributed by atoms with Gasteiger partial charge in [-0.1, -0.05) is 6.08 Å². The van der Waals surface area contributed by atoms with Crippen molar-refractivity contribution in [1.82, 2.24) is 0 Å². The maximum Gasteiger partial charge on any atom is 0.250 e. The Morgan fingerprint density at radius 1 is 1.60 bits per heavy atom. The first-order chi connectivity index (χ1) is 7.04. The number of benzene rings is 1. The highest BCUT2D eigenvalue weighted by molar-refractivity contribution is 5.99. The number of rotatable bonds is 4. The van der Waals surface area contributed by atoms with E-state index in [1.165, 1.54) is 0 Å². The fourth-order valence-corrected chi connectivity index (χ4v) is 1.20. The second kappa shape index (κ2) is 4.50. The molecule has 0 aliphatic heterocycles. The molecule has 0 bridgehead atoms. The molecule has 1 unspecified atom stereocenters. The zero-order chi connectivity index (χ0) is 11.4. The molecule has 80 valence electrons. The van der Waals surface area contributed by atoms with Gasteiger partial charge in [-0.2, -0.15) is 0 Å². The molecule has 1 amide bonds. The van der Waals surface area contributed by atoms with E-state index in [1.807, 2.05) is 6.92 Å². The van der Waals surface area contributed by atoms with Crippen LogP contribution in [0.3, 0.4) is 0 Å². The van der Waals surface area contributed by atoms with Gasteiger partial charge in [0.2, 0.25) is 0 Å². The van der Waals surface area contributed by atoms with Crippen LogP contribution in [0.25, 0.3) is 0 Å². The lowest BCUT2D eigenvalue weighted by molar-refractivity contribution is 0.100. The summed E-state index contributed by atoms with van der Waals surface area (Å²) in [4.78, 5) is 11.1. The van der Waals surface area contributed by atoms with Gasteiger partial charge in [0.05, 0.1) is 5.56 Å². The van der Waals surface area contributed by atoms with Crippen LogP contribution in [0.1, 0.15) is 17.3 Å². The third-order valence-corrected chi connectivity index (χ3v) is 2.05. The van der Waals surface area contributed by atoms with Gasteiger partial charge in [0.15, 0.2) is 0 Å². The van der Waals surface area contributed by atoms with Crippen molar-refractivity contribution in [3.63, 3.8) is 0 Å². The first kappa shape index (κ1) is 11.1. The van der Waals surface area contributed by atoms with E-state index in [4.69, 9.17) is 11.5 Å². The molecule has 15 heavy (non-hydrogen) atoms. The largest absolute Gasteiger partial charge is 0.399 e. The summed E-state index contributed by atoms with van der Waals surface area (Å²) >= 11 is 0. The van der Waals surface area contributed by atoms with Crippen LogP contribution in [-0.4, -0.2) is 11.9 Å². The number of carbonyl (C=O) groups excluding carboxylic acids is 1. The molecule has 1 atom stereocenters. The summed E-state index contributed by atoms with van der Waals surface area (Å²) in [5.41, 5.74) is 12.5. The number of hydrogen-bond acceptors (Lipinski definition) is 3. The lowest BCUT2D eigenvalue weighted by atomic mass is 10.1. The van der Waals surface area contributed by atoms with Crippen LogP contribution in [0.15, 0.2) is 30.9 Å². The highest BCUT2D eigenvalue weighted by atomic mass is 16.1. The van der Waals surface area contributed by atoms with Gasteiger partial charge >= 0.3 is 0 Å². The zero-order valence-electron chi connectivity index (χ0n) is 8.66. The number of nitrogens with one attached hydrogen (secondary N) is 1. The maximum absolute atomic E-state index is 11.1. The Labute approximate surface area is 89.0 Å². The molecular weight excluding hydrogens is 190 g/mol. The van der Waals surface area contributed by atoms with Crippen LogP contribution in [0.2, 0.25) is 0 Å². The lowest BCUT2D eigenvalue weighted by Crippen LogP contribution is -2.18. The van der Waals surface area contributed by atoms with E-state index in [1.54, 1.807) is 24.3 Å². The monoisotopic (exact) mass is 205 g/mol. The molecule has 0 aromatic heterocycles. The Balaban J connectivity index is 3.07. The standard InChI is InChI=1S/C11H15N3O/c1-3-7(2)14-10-6-8(12)4-5-9(10)11(13)15/h3-7,14H,1,12H2,2H3,(H2,13,15). The van der Waals surface area contributed by atoms with E-state index in [9.17, 15) is 4.79 Å². The first-order valence-electron chi connectivity index (χ1n) is 4.63. The molecule has 0 heterocycles. The summed E-state index contributed by atoms with van der Waals surface area (Å²) in [6.07, 6.45) is 1.73. The zero-order valence-corrected chi connectivity index (χ0v) is 8.66. The summed E-state index contributed by atoms with van der Waals surface area (Å²) in [6, 6.07) is 4.98. The van der Waals surface area contributed by atoms with E-state index in [0.29, 0.717) is 16.9 Å². The summed E-state index contributed by atoms with van der Waals surface area (Å²) in [5, 5.41) is 3.08. The van der Waals surface area contributed by atoms with Crippen molar-refractivity contribution in [3.05, 3.63) is 36.4 Å². The second-order valence-electron chi connectivity index (χ2n) is 3.34. The van der Waals surface area contributed by atoms with Crippen LogP contribution in [0.5, 0.6) is 0 Å². The Bertz CT molecular complexity index is 387. The summed E-state index contributed by atoms with van der Waals surface area (Å²) in [5.74, 6) is -0.478. The van der Waals surface area contributed by atoms with Crippen molar-refractivity contribution in [3.8, 4) is 0 Å². The summed E-state index contributed by atoms with van der Waals surface area (Å²) < 4.78 is 0. The number of amides is 1. The van der Waals surface area contributed by atoms with E-state index in [0.717, 1.165) is 0 Å². The molecule has 0 fully saturated rings. The summed E-state index contributed by atoms with van der Waals surface area (Å²) in [7, 11) is 0. The number of carbonyl (C=O) groups is 1. The first-order valence-corrected chi connectivity index (χ1v) is 4.63. The van der Waals surface area contributed by atoms with Gasteiger partial charge in [-0.25, -0.2) is 0 Å². The topological polar surface area (TPSA) is 81.1 Å². The third kappa shape index (κ3) is 2.74. The van der Waals surface area contributed by atoms with Crippen molar-refractivity contribution in [2.75, 3.05) is 11.1 Å². The Hall–Kier alpha value is -1.97. The smallest absolute Gasteiger partial charge is 0.250 e. The quantitative estimate of drug-likeness (QED) is 0.512. The van der Waals surface area contributed by atoms with Crippen molar-refractivity contribution in [2.45, 2.75) is 13.0 Å². The van der Waals surface area contributed by atoms with Gasteiger partial charge in [-0.15, -0.1) is 6.58 Å². The molecule has 1 rings (SSSR count). The number of anilines is 2. The lowest BCUT2D eigenvalue weighted by Gasteiger charge is -2.14. The molecule has 5 N–H and O–H groups in total. The van der Waals surface area contributed by atoms with Gasteiger partial charge in [-0.3, -0.25) is 4.79 Å². The molecular formula is C11H15N3O. The number of hydrogen-bond donors (Lipinski definition) is 3. The van der Waals surface area contributed by atoms with Crippen LogP contribution < -0.4 is 16.8 Å². The van der Waals surface area contributed by atoms with Crippen molar-refractivity contribution >= 4 is 17.3 Å². The van der Waals surface area contributed by atoms with Crippen molar-refractivity contribution in [2.24, 2.45) is 5.73 Å². The number of nitrogen functional groups attached to an aromatic ring is 1. The van der Waals surface area contributed by atoms with Gasteiger partial charge in [0.1, 0.15) is 0 Å². The molecule has 0 aliphatic carbocycles. The average molecular weight is 205 g/mol. The fraction of sp³-hybridized carbons (Fsp3) is 0.182. The molecule has 0 saturated heterocycles. The Kier molecular flexibility index (Phi) is 3.33. The molecule has 0 spiro atoms. The number of primary amides is 1. The predicted molar refractivity (Wildman–Crippen MR) is 62.7 cm³/mol. The molecule has 0 radical (unpaired) electrons. The third-order valence-electron chi connectivity index (χ3n) is 2.05. The van der Waals surface area contributed by atoms with Crippen LogP contribution in [0, 0.1) is 0 Å². The molecule has 1 aromatic rings. The normalized spacial score (nSPS) is 11.8. The van der Waals surface area contributed by atoms with Gasteiger partial charge in [0, 0.05) is 17.4 Å². The van der Waals surface area contributed by atoms with Crippen molar-refractivity contribution in [1.29, 1.82) is 0 Å². The summed E-state index contributed by atoms with van der Waals surface area (Å²) in [6.45, 7) is 5.56. The highest BCUT2D eigenvalue weighted by Crippen LogP contribution is 2.19. The minimum absolute atomic E-state index is 0.0462. The minimum Gasteiger partial charge on any atom is -0.399 e. The van der Waals surface area contributed by atoms with Crippen LogP contribution >= 0.6 is 0 Å². The van der Waals surface area contributed by atoms with Gasteiger partial charge in [0.25, 0.3) is 5.91 Å². The molecule has 4 nitrogen and oxygen atoms in total. The molecule has 0 aliphatic rings. The Morgan fingerprint density at radius 3 is 2.80 bits per heavy atom. The molecule has 0 saturated carbocycles. The average Bonchev–Trinajstić information content (AvgIpc) is 2.17. The number of nitrogens with two attached hydrogens (primary N) is 2. The SMILES string of the molecule is C=CC(C)Nc1cc(N)ccc1C(N)=O. The molecule has 1 aromatic carbocycles. The van der Waals surface area contributed by atoms with E-state index in [-0.39, 0.29) is 6.04 Å². The van der Waals surface area contributed by atoms with Crippen LogP contribution in [0.4, 0.5) is 11.4 Å². The maximum atomic E-state index is 11.1. The van der Waals surface area contributed by atoms with Crippen molar-refractivity contribution < 1.29 is 4.79 Å². The van der Waals surface area contributed by atoms with Crippen LogP contribution in [-0.2, 0) is 0 Å². The predicted octanol–water partition coefficient (Wildman–Crippen LogP) is 1.35. The van der Waals surface area contributed by atoms with E-state index in [2.05, 4.69) is 11.9 Å². The van der Waals surface area contributed by atoms with E-state index >= 15 is 0 Å². The second-order valence-corrected chi connectivity index (χ2v) is 3.34. The van der Waals surface area contributed by atoms with Gasteiger partial charge in [-0.05, 0) is 25.1 Å². The highest BCUT2D eigenvalue weighted by Gasteiger charge is 2.09. The molecule has 4 heteroatoms. The van der Waals surface area contributed by atoms with E-state index < -0.39 is 5.91 Å². The minimum atomic E-state index is -0.478. The Morgan fingerprint density at radius 2 is 2.27 bits per heavy atom. The van der Waals surface area contributed by atoms with Gasteiger partial charge < -0.3 is 16.8 Å².